The zero-order valence-electron chi connectivity index (χ0n) is 12.6. The van der Waals surface area contributed by atoms with Gasteiger partial charge in [0.1, 0.15) is 0 Å². The topological polar surface area (TPSA) is 32.3 Å². The Morgan fingerprint density at radius 1 is 1.14 bits per heavy atom. The molecule has 2 rings (SSSR count). The van der Waals surface area contributed by atoms with E-state index in [4.69, 9.17) is 0 Å². The van der Waals surface area contributed by atoms with E-state index in [-0.39, 0.29) is 5.91 Å². The highest BCUT2D eigenvalue weighted by atomic mass is 79.9. The summed E-state index contributed by atoms with van der Waals surface area (Å²) < 4.78 is 0.987. The number of anilines is 1. The molecule has 1 heterocycles. The van der Waals surface area contributed by atoms with Gasteiger partial charge in [-0.2, -0.15) is 0 Å². The van der Waals surface area contributed by atoms with Gasteiger partial charge < -0.3 is 10.2 Å². The summed E-state index contributed by atoms with van der Waals surface area (Å²) >= 11 is 3.41. The smallest absolute Gasteiger partial charge is 0.224 e. The lowest BCUT2D eigenvalue weighted by molar-refractivity contribution is -0.116. The maximum Gasteiger partial charge on any atom is 0.224 e. The Morgan fingerprint density at radius 3 is 2.62 bits per heavy atom. The third kappa shape index (κ3) is 6.62. The van der Waals surface area contributed by atoms with Crippen molar-refractivity contribution in [2.24, 2.45) is 0 Å². The van der Waals surface area contributed by atoms with Gasteiger partial charge >= 0.3 is 0 Å². The first kappa shape index (κ1) is 16.5. The number of nitrogens with one attached hydrogen (secondary N) is 1. The van der Waals surface area contributed by atoms with Crippen LogP contribution in [-0.2, 0) is 4.79 Å². The van der Waals surface area contributed by atoms with Crippen LogP contribution in [0.1, 0.15) is 44.9 Å². The van der Waals surface area contributed by atoms with E-state index in [9.17, 15) is 4.79 Å². The lowest BCUT2D eigenvalue weighted by Gasteiger charge is -2.19. The molecule has 0 aliphatic carbocycles. The molecule has 1 aliphatic heterocycles. The number of amides is 1. The van der Waals surface area contributed by atoms with E-state index in [2.05, 4.69) is 26.1 Å². The van der Waals surface area contributed by atoms with Gasteiger partial charge in [0, 0.05) is 16.6 Å². The van der Waals surface area contributed by atoms with Crippen LogP contribution in [-0.4, -0.2) is 30.4 Å². The molecule has 1 N–H and O–H groups in total. The summed E-state index contributed by atoms with van der Waals surface area (Å²) in [5.74, 6) is 0.115. The van der Waals surface area contributed by atoms with Crippen molar-refractivity contribution >= 4 is 27.5 Å². The minimum atomic E-state index is 0.115. The van der Waals surface area contributed by atoms with Crippen LogP contribution in [0.4, 0.5) is 5.69 Å². The van der Waals surface area contributed by atoms with Crippen molar-refractivity contribution in [3.8, 4) is 0 Å². The Bertz CT molecular complexity index is 442. The largest absolute Gasteiger partial charge is 0.326 e. The number of benzene rings is 1. The van der Waals surface area contributed by atoms with Crippen LogP contribution in [0.25, 0.3) is 0 Å². The van der Waals surface area contributed by atoms with Gasteiger partial charge in [0.25, 0.3) is 0 Å². The summed E-state index contributed by atoms with van der Waals surface area (Å²) in [7, 11) is 0. The molecular formula is C17H25BrN2O. The Hall–Kier alpha value is -0.870. The van der Waals surface area contributed by atoms with Crippen LogP contribution in [0.2, 0.25) is 0 Å². The van der Waals surface area contributed by atoms with Crippen molar-refractivity contribution in [2.75, 3.05) is 25.0 Å². The first-order valence-corrected chi connectivity index (χ1v) is 8.81. The monoisotopic (exact) mass is 352 g/mol. The molecule has 1 aliphatic rings. The minimum Gasteiger partial charge on any atom is -0.326 e. The van der Waals surface area contributed by atoms with Crippen LogP contribution in [0.3, 0.4) is 0 Å². The number of hydrogen-bond donors (Lipinski definition) is 1. The van der Waals surface area contributed by atoms with E-state index in [1.165, 1.54) is 38.8 Å². The average molecular weight is 353 g/mol. The Labute approximate surface area is 136 Å². The van der Waals surface area contributed by atoms with Crippen LogP contribution >= 0.6 is 15.9 Å². The van der Waals surface area contributed by atoms with Gasteiger partial charge in [0.2, 0.25) is 5.91 Å². The van der Waals surface area contributed by atoms with Gasteiger partial charge in [-0.15, -0.1) is 0 Å². The number of carbonyl (C=O) groups is 1. The molecule has 0 aromatic heterocycles. The molecular weight excluding hydrogens is 328 g/mol. The molecule has 3 nitrogen and oxygen atoms in total. The molecule has 1 fully saturated rings. The minimum absolute atomic E-state index is 0.115. The molecule has 0 unspecified atom stereocenters. The Kier molecular flexibility index (Phi) is 7.24. The highest BCUT2D eigenvalue weighted by molar-refractivity contribution is 9.10. The van der Waals surface area contributed by atoms with E-state index >= 15 is 0 Å². The first-order valence-electron chi connectivity index (χ1n) is 8.02. The van der Waals surface area contributed by atoms with Crippen LogP contribution in [0, 0.1) is 0 Å². The zero-order chi connectivity index (χ0) is 14.9. The van der Waals surface area contributed by atoms with Gasteiger partial charge in [-0.05, 0) is 63.5 Å². The van der Waals surface area contributed by atoms with Gasteiger partial charge in [-0.1, -0.05) is 34.8 Å². The van der Waals surface area contributed by atoms with E-state index in [0.717, 1.165) is 29.5 Å². The SMILES string of the molecule is O=C(CCCCN1CCCCCC1)Nc1cccc(Br)c1. The summed E-state index contributed by atoms with van der Waals surface area (Å²) in [6.07, 6.45) is 8.13. The molecule has 1 saturated heterocycles. The van der Waals surface area contributed by atoms with E-state index in [1.54, 1.807) is 0 Å². The third-order valence-electron chi connectivity index (χ3n) is 3.94. The molecule has 0 saturated carbocycles. The fourth-order valence-corrected chi connectivity index (χ4v) is 3.17. The van der Waals surface area contributed by atoms with Crippen molar-refractivity contribution in [1.82, 2.24) is 4.90 Å². The number of unbranched alkanes of at least 4 members (excludes halogenated alkanes) is 1. The molecule has 4 heteroatoms. The molecule has 0 bridgehead atoms. The number of likely N-dealkylation sites (tertiary alicyclic amines) is 1. The lowest BCUT2D eigenvalue weighted by Crippen LogP contribution is -2.25. The van der Waals surface area contributed by atoms with Crippen molar-refractivity contribution < 1.29 is 4.79 Å². The second kappa shape index (κ2) is 9.21. The lowest BCUT2D eigenvalue weighted by atomic mass is 10.2. The predicted octanol–water partition coefficient (Wildman–Crippen LogP) is 4.43. The third-order valence-corrected chi connectivity index (χ3v) is 4.43. The second-order valence-corrected chi connectivity index (χ2v) is 6.69. The van der Waals surface area contributed by atoms with Gasteiger partial charge in [-0.25, -0.2) is 0 Å². The normalized spacial score (nSPS) is 16.4. The summed E-state index contributed by atoms with van der Waals surface area (Å²) in [4.78, 5) is 14.4. The zero-order valence-corrected chi connectivity index (χ0v) is 14.2. The second-order valence-electron chi connectivity index (χ2n) is 5.77. The number of halogens is 1. The number of rotatable bonds is 6. The molecule has 0 radical (unpaired) electrons. The first-order chi connectivity index (χ1) is 10.2. The number of nitrogens with zero attached hydrogens (tertiary/aromatic N) is 1. The molecule has 1 amide bonds. The molecule has 21 heavy (non-hydrogen) atoms. The summed E-state index contributed by atoms with van der Waals surface area (Å²) in [6, 6.07) is 7.73. The summed E-state index contributed by atoms with van der Waals surface area (Å²) in [5, 5.41) is 2.95. The predicted molar refractivity (Wildman–Crippen MR) is 91.5 cm³/mol. The quantitative estimate of drug-likeness (QED) is 0.767. The Morgan fingerprint density at radius 2 is 1.90 bits per heavy atom. The summed E-state index contributed by atoms with van der Waals surface area (Å²) in [5.41, 5.74) is 0.863. The van der Waals surface area contributed by atoms with Crippen molar-refractivity contribution in [3.05, 3.63) is 28.7 Å². The van der Waals surface area contributed by atoms with E-state index in [1.807, 2.05) is 24.3 Å². The maximum absolute atomic E-state index is 11.9. The highest BCUT2D eigenvalue weighted by Gasteiger charge is 2.09. The van der Waals surface area contributed by atoms with E-state index in [0.29, 0.717) is 6.42 Å². The molecule has 0 atom stereocenters. The standard InChI is InChI=1S/C17H25BrN2O/c18-15-8-7-9-16(14-15)19-17(21)10-3-6-13-20-11-4-1-2-5-12-20/h7-9,14H,1-6,10-13H2,(H,19,21). The Balaban J connectivity index is 1.60. The van der Waals surface area contributed by atoms with Crippen molar-refractivity contribution in [1.29, 1.82) is 0 Å². The van der Waals surface area contributed by atoms with Crippen molar-refractivity contribution in [2.45, 2.75) is 44.9 Å². The van der Waals surface area contributed by atoms with Crippen LogP contribution < -0.4 is 5.32 Å². The van der Waals surface area contributed by atoms with Crippen LogP contribution in [0.5, 0.6) is 0 Å². The summed E-state index contributed by atoms with van der Waals surface area (Å²) in [6.45, 7) is 3.62. The number of carbonyl (C=O) groups excluding carboxylic acids is 1. The highest BCUT2D eigenvalue weighted by Crippen LogP contribution is 2.16. The van der Waals surface area contributed by atoms with Crippen LogP contribution in [0.15, 0.2) is 28.7 Å². The molecule has 1 aromatic carbocycles. The maximum atomic E-state index is 11.9. The molecule has 1 aromatic rings. The molecule has 0 spiro atoms. The van der Waals surface area contributed by atoms with Crippen molar-refractivity contribution in [3.63, 3.8) is 0 Å². The van der Waals surface area contributed by atoms with Gasteiger partial charge in [-0.3, -0.25) is 4.79 Å². The fraction of sp³-hybridized carbons (Fsp3) is 0.588. The van der Waals surface area contributed by atoms with E-state index < -0.39 is 0 Å². The average Bonchev–Trinajstić information content (AvgIpc) is 2.72. The number of hydrogen-bond acceptors (Lipinski definition) is 2. The van der Waals surface area contributed by atoms with Gasteiger partial charge in [0.05, 0.1) is 0 Å². The molecule has 116 valence electrons. The fourth-order valence-electron chi connectivity index (χ4n) is 2.77. The van der Waals surface area contributed by atoms with Gasteiger partial charge in [0.15, 0.2) is 0 Å².